The highest BCUT2D eigenvalue weighted by molar-refractivity contribution is 6.90. The normalized spacial score (nSPS) is 12.6. The molecular weight excluding hydrogens is 621 g/mol. The van der Waals surface area contributed by atoms with Crippen molar-refractivity contribution < 1.29 is 0 Å². The van der Waals surface area contributed by atoms with Crippen LogP contribution in [0.2, 0.25) is 0 Å². The third kappa shape index (κ3) is 4.14. The van der Waals surface area contributed by atoms with E-state index in [0.29, 0.717) is 17.5 Å². The van der Waals surface area contributed by atoms with Crippen molar-refractivity contribution in [3.63, 3.8) is 0 Å². The number of fused-ring (bicyclic) bond motifs is 7. The van der Waals surface area contributed by atoms with Crippen LogP contribution < -0.4 is 15.8 Å². The zero-order chi connectivity index (χ0) is 33.5. The van der Waals surface area contributed by atoms with Crippen molar-refractivity contribution in [3.8, 4) is 45.3 Å². The van der Waals surface area contributed by atoms with E-state index in [2.05, 4.69) is 143 Å². The largest absolute Gasteiger partial charge is 0.375 e. The molecule has 0 saturated heterocycles. The minimum absolute atomic E-state index is 0.0179. The number of anilines is 3. The lowest BCUT2D eigenvalue weighted by Gasteiger charge is -2.40. The van der Waals surface area contributed by atoms with E-state index in [0.717, 1.165) is 27.9 Å². The van der Waals surface area contributed by atoms with Gasteiger partial charge in [0.25, 0.3) is 0 Å². The first-order valence-corrected chi connectivity index (χ1v) is 17.3. The Morgan fingerprint density at radius 2 is 1.02 bits per heavy atom. The summed E-state index contributed by atoms with van der Waals surface area (Å²) < 4.78 is 2.58. The van der Waals surface area contributed by atoms with Gasteiger partial charge in [0.2, 0.25) is 0 Å². The van der Waals surface area contributed by atoms with Gasteiger partial charge in [0, 0.05) is 61.1 Å². The first-order chi connectivity index (χ1) is 25.3. The fraction of sp³-hybridized carbons (Fsp3) is 0. The fourth-order valence-electron chi connectivity index (χ4n) is 8.26. The summed E-state index contributed by atoms with van der Waals surface area (Å²) >= 11 is 0. The number of para-hydroxylation sites is 3. The molecule has 7 aromatic carbocycles. The lowest BCUT2D eigenvalue weighted by atomic mass is 9.45. The maximum absolute atomic E-state index is 5.09. The molecule has 2 aliphatic heterocycles. The molecule has 5 nitrogen and oxygen atoms in total. The molecule has 2 aliphatic rings. The second-order valence-electron chi connectivity index (χ2n) is 13.2. The third-order valence-electron chi connectivity index (χ3n) is 10.4. The zero-order valence-electron chi connectivity index (χ0n) is 27.5. The number of aromatic nitrogens is 4. The third-order valence-corrected chi connectivity index (χ3v) is 10.4. The van der Waals surface area contributed by atoms with Crippen LogP contribution in [0.25, 0.3) is 67.1 Å². The Morgan fingerprint density at radius 3 is 1.75 bits per heavy atom. The number of hydrogen-bond donors (Lipinski definition) is 0. The second kappa shape index (κ2) is 10.9. The van der Waals surface area contributed by atoms with Gasteiger partial charge in [-0.3, -0.25) is 0 Å². The van der Waals surface area contributed by atoms with E-state index < -0.39 is 0 Å². The van der Waals surface area contributed by atoms with Crippen molar-refractivity contribution in [2.45, 2.75) is 0 Å². The molecule has 6 heteroatoms. The van der Waals surface area contributed by atoms with Crippen molar-refractivity contribution >= 4 is 56.6 Å². The summed E-state index contributed by atoms with van der Waals surface area (Å²) in [5.74, 6) is 1.97. The predicted molar refractivity (Wildman–Crippen MR) is 210 cm³/mol. The highest BCUT2D eigenvalue weighted by atomic mass is 15.2. The van der Waals surface area contributed by atoms with Crippen molar-refractivity contribution in [2.75, 3.05) is 4.90 Å². The van der Waals surface area contributed by atoms with Crippen LogP contribution in [0.5, 0.6) is 0 Å². The average Bonchev–Trinajstić information content (AvgIpc) is 3.54. The van der Waals surface area contributed by atoms with E-state index in [1.165, 1.54) is 49.7 Å². The van der Waals surface area contributed by atoms with Crippen molar-refractivity contribution in [2.24, 2.45) is 0 Å². The van der Waals surface area contributed by atoms with Crippen LogP contribution in [0.4, 0.5) is 17.1 Å². The first-order valence-electron chi connectivity index (χ1n) is 17.3. The minimum Gasteiger partial charge on any atom is -0.375 e. The minimum atomic E-state index is -0.0179. The lowest BCUT2D eigenvalue weighted by molar-refractivity contribution is 1.07. The summed E-state index contributed by atoms with van der Waals surface area (Å²) in [5.41, 5.74) is 14.0. The topological polar surface area (TPSA) is 46.8 Å². The van der Waals surface area contributed by atoms with Crippen LogP contribution in [0, 0.1) is 0 Å². The fourth-order valence-corrected chi connectivity index (χ4v) is 8.26. The van der Waals surface area contributed by atoms with Gasteiger partial charge in [-0.15, -0.1) is 0 Å². The molecule has 2 aromatic heterocycles. The van der Waals surface area contributed by atoms with Crippen molar-refractivity contribution in [3.05, 3.63) is 170 Å². The predicted octanol–water partition coefficient (Wildman–Crippen LogP) is 9.40. The Bertz CT molecular complexity index is 2760. The van der Waals surface area contributed by atoms with E-state index in [9.17, 15) is 0 Å². The SMILES string of the molecule is c1ccc(-c2nc(-c3ccccc3)nc(-c3ccc4c5cccc6c5n(c4c3)B3c4ccccc4N(c4ccccc4)c4cccc-6c43)n2)cc1. The summed E-state index contributed by atoms with van der Waals surface area (Å²) in [7, 11) is 0. The van der Waals surface area contributed by atoms with E-state index in [1.807, 2.05) is 36.4 Å². The molecule has 0 amide bonds. The quantitative estimate of drug-likeness (QED) is 0.178. The zero-order valence-corrected chi connectivity index (χ0v) is 27.5. The van der Waals surface area contributed by atoms with Crippen molar-refractivity contribution in [1.82, 2.24) is 19.4 Å². The number of benzene rings is 7. The molecule has 4 heterocycles. The molecule has 0 aliphatic carbocycles. The smallest absolute Gasteiger partial charge is 0.333 e. The van der Waals surface area contributed by atoms with Gasteiger partial charge in [-0.05, 0) is 46.8 Å². The van der Waals surface area contributed by atoms with Gasteiger partial charge in [0.05, 0.1) is 0 Å². The molecular formula is C45H28BN5. The molecule has 0 bridgehead atoms. The van der Waals surface area contributed by atoms with Crippen LogP contribution in [0.15, 0.2) is 170 Å². The molecule has 11 rings (SSSR count). The number of nitrogens with zero attached hydrogens (tertiary/aromatic N) is 5. The average molecular weight is 650 g/mol. The highest BCUT2D eigenvalue weighted by Gasteiger charge is 2.42. The molecule has 236 valence electrons. The van der Waals surface area contributed by atoms with Crippen molar-refractivity contribution in [1.29, 1.82) is 0 Å². The molecule has 9 aromatic rings. The van der Waals surface area contributed by atoms with Gasteiger partial charge in [0.15, 0.2) is 17.5 Å². The van der Waals surface area contributed by atoms with Crippen LogP contribution in [-0.4, -0.2) is 26.3 Å². The van der Waals surface area contributed by atoms with Gasteiger partial charge in [0.1, 0.15) is 0 Å². The highest BCUT2D eigenvalue weighted by Crippen LogP contribution is 2.45. The standard InChI is InChI=1S/C45H28BN5/c1-4-14-29(15-5-1)43-47-44(30-16-6-2-7-17-30)49-45(48-43)31-26-27-33-35-21-12-22-36-34-20-13-25-39-41(34)46(51(42(35)36)40(33)28-31)37-23-10-11-24-38(37)50(39)32-18-8-3-9-19-32/h1-28H. The van der Waals surface area contributed by atoms with Crippen LogP contribution in [-0.2, 0) is 0 Å². The summed E-state index contributed by atoms with van der Waals surface area (Å²) in [4.78, 5) is 17.5. The molecule has 0 N–H and O–H groups in total. The summed E-state index contributed by atoms with van der Waals surface area (Å²) in [6.07, 6.45) is 0. The van der Waals surface area contributed by atoms with Crippen LogP contribution >= 0.6 is 0 Å². The maximum atomic E-state index is 5.09. The summed E-state index contributed by atoms with van der Waals surface area (Å²) in [5, 5.41) is 2.47. The summed E-state index contributed by atoms with van der Waals surface area (Å²) in [6.45, 7) is -0.0179. The molecule has 0 atom stereocenters. The van der Waals surface area contributed by atoms with Gasteiger partial charge >= 0.3 is 6.85 Å². The molecule has 0 saturated carbocycles. The van der Waals surface area contributed by atoms with Gasteiger partial charge in [-0.2, -0.15) is 0 Å². The van der Waals surface area contributed by atoms with Crippen LogP contribution in [0.1, 0.15) is 0 Å². The van der Waals surface area contributed by atoms with Gasteiger partial charge in [-0.1, -0.05) is 140 Å². The summed E-state index contributed by atoms with van der Waals surface area (Å²) in [6, 6.07) is 60.2. The molecule has 0 unspecified atom stereocenters. The van der Waals surface area contributed by atoms with Crippen LogP contribution in [0.3, 0.4) is 0 Å². The monoisotopic (exact) mass is 649 g/mol. The molecule has 0 radical (unpaired) electrons. The second-order valence-corrected chi connectivity index (χ2v) is 13.2. The lowest BCUT2D eigenvalue weighted by Crippen LogP contribution is -2.56. The maximum Gasteiger partial charge on any atom is 0.333 e. The first kappa shape index (κ1) is 28.1. The van der Waals surface area contributed by atoms with Gasteiger partial charge in [-0.25, -0.2) is 15.0 Å². The Balaban J connectivity index is 1.19. The number of hydrogen-bond acceptors (Lipinski definition) is 4. The van der Waals surface area contributed by atoms with E-state index in [4.69, 9.17) is 15.0 Å². The van der Waals surface area contributed by atoms with E-state index in [1.54, 1.807) is 0 Å². The Morgan fingerprint density at radius 1 is 0.431 bits per heavy atom. The Kier molecular flexibility index (Phi) is 5.98. The Labute approximate surface area is 295 Å². The number of rotatable bonds is 4. The van der Waals surface area contributed by atoms with Gasteiger partial charge < -0.3 is 9.38 Å². The molecule has 51 heavy (non-hydrogen) atoms. The molecule has 0 spiro atoms. The van der Waals surface area contributed by atoms with E-state index >= 15 is 0 Å². The molecule has 0 fully saturated rings. The Hall–Kier alpha value is -6.79. The van der Waals surface area contributed by atoms with E-state index in [-0.39, 0.29) is 6.85 Å².